The maximum Gasteiger partial charge on any atom is 0.214 e. The Bertz CT molecular complexity index is 477. The standard InChI is InChI=1S/C12H19ClN2O2S/c1-3-15(18(16,17)9-5-8-13)10-12-7-4-6-11(2)14-12/h4,6-7H,3,5,8-10H2,1-2H3. The minimum atomic E-state index is -3.24. The highest BCUT2D eigenvalue weighted by Gasteiger charge is 2.20. The Balaban J connectivity index is 2.78. The third-order valence-electron chi connectivity index (χ3n) is 2.57. The summed E-state index contributed by atoms with van der Waals surface area (Å²) in [5, 5.41) is 0. The Hall–Kier alpha value is -0.650. The fraction of sp³-hybridized carbons (Fsp3) is 0.583. The first-order valence-electron chi connectivity index (χ1n) is 5.96. The van der Waals surface area contributed by atoms with Crippen molar-refractivity contribution in [2.75, 3.05) is 18.2 Å². The summed E-state index contributed by atoms with van der Waals surface area (Å²) in [5.74, 6) is 0.454. The quantitative estimate of drug-likeness (QED) is 0.723. The highest BCUT2D eigenvalue weighted by atomic mass is 35.5. The van der Waals surface area contributed by atoms with E-state index >= 15 is 0 Å². The van der Waals surface area contributed by atoms with Crippen molar-refractivity contribution in [3.8, 4) is 0 Å². The Kier molecular flexibility index (Phi) is 6.05. The molecule has 0 aliphatic carbocycles. The molecule has 1 aromatic heterocycles. The fourth-order valence-corrected chi connectivity index (χ4v) is 3.42. The van der Waals surface area contributed by atoms with Crippen LogP contribution in [0, 0.1) is 6.92 Å². The average Bonchev–Trinajstić information content (AvgIpc) is 2.33. The lowest BCUT2D eigenvalue weighted by Gasteiger charge is -2.20. The molecule has 0 amide bonds. The molecule has 0 spiro atoms. The second-order valence-electron chi connectivity index (χ2n) is 4.06. The number of hydrogen-bond donors (Lipinski definition) is 0. The first kappa shape index (κ1) is 15.4. The highest BCUT2D eigenvalue weighted by molar-refractivity contribution is 7.89. The van der Waals surface area contributed by atoms with E-state index < -0.39 is 10.0 Å². The summed E-state index contributed by atoms with van der Waals surface area (Å²) < 4.78 is 25.5. The average molecular weight is 291 g/mol. The number of aromatic nitrogens is 1. The van der Waals surface area contributed by atoms with Gasteiger partial charge in [0.1, 0.15) is 0 Å². The Morgan fingerprint density at radius 1 is 1.39 bits per heavy atom. The van der Waals surface area contributed by atoms with E-state index in [4.69, 9.17) is 11.6 Å². The van der Waals surface area contributed by atoms with E-state index in [-0.39, 0.29) is 5.75 Å². The number of hydrogen-bond acceptors (Lipinski definition) is 3. The highest BCUT2D eigenvalue weighted by Crippen LogP contribution is 2.10. The molecule has 0 N–H and O–H groups in total. The van der Waals surface area contributed by atoms with Gasteiger partial charge in [-0.3, -0.25) is 4.98 Å². The minimum absolute atomic E-state index is 0.0934. The van der Waals surface area contributed by atoms with Crippen molar-refractivity contribution in [1.29, 1.82) is 0 Å². The Labute approximate surface area is 114 Å². The van der Waals surface area contributed by atoms with Crippen molar-refractivity contribution in [1.82, 2.24) is 9.29 Å². The molecule has 0 aromatic carbocycles. The van der Waals surface area contributed by atoms with Crippen LogP contribution in [0.25, 0.3) is 0 Å². The summed E-state index contributed by atoms with van der Waals surface area (Å²) in [6.07, 6.45) is 0.474. The van der Waals surface area contributed by atoms with Crippen molar-refractivity contribution in [2.24, 2.45) is 0 Å². The number of nitrogens with zero attached hydrogens (tertiary/aromatic N) is 2. The molecule has 6 heteroatoms. The van der Waals surface area contributed by atoms with Crippen molar-refractivity contribution >= 4 is 21.6 Å². The third kappa shape index (κ3) is 4.55. The lowest BCUT2D eigenvalue weighted by molar-refractivity contribution is 0.418. The zero-order valence-electron chi connectivity index (χ0n) is 10.8. The van der Waals surface area contributed by atoms with E-state index in [0.29, 0.717) is 25.4 Å². The van der Waals surface area contributed by atoms with Crippen LogP contribution in [0.3, 0.4) is 0 Å². The molecule has 1 heterocycles. The fourth-order valence-electron chi connectivity index (χ4n) is 1.64. The summed E-state index contributed by atoms with van der Waals surface area (Å²) in [5.41, 5.74) is 1.66. The van der Waals surface area contributed by atoms with E-state index in [0.717, 1.165) is 11.4 Å². The van der Waals surface area contributed by atoms with Gasteiger partial charge in [0.25, 0.3) is 0 Å². The number of pyridine rings is 1. The summed E-state index contributed by atoms with van der Waals surface area (Å²) >= 11 is 5.54. The molecule has 0 aliphatic rings. The van der Waals surface area contributed by atoms with Gasteiger partial charge in [0.15, 0.2) is 0 Å². The van der Waals surface area contributed by atoms with Gasteiger partial charge in [-0.15, -0.1) is 11.6 Å². The van der Waals surface area contributed by atoms with Gasteiger partial charge >= 0.3 is 0 Å². The molecule has 0 radical (unpaired) electrons. The maximum atomic E-state index is 12.0. The van der Waals surface area contributed by atoms with Gasteiger partial charge in [-0.1, -0.05) is 13.0 Å². The molecular weight excluding hydrogens is 272 g/mol. The van der Waals surface area contributed by atoms with E-state index in [9.17, 15) is 8.42 Å². The van der Waals surface area contributed by atoms with Crippen LogP contribution in [0.1, 0.15) is 24.7 Å². The van der Waals surface area contributed by atoms with Crippen LogP contribution in [0.5, 0.6) is 0 Å². The van der Waals surface area contributed by atoms with Crippen LogP contribution < -0.4 is 0 Å². The van der Waals surface area contributed by atoms with Crippen LogP contribution in [-0.2, 0) is 16.6 Å². The predicted molar refractivity (Wildman–Crippen MR) is 74.2 cm³/mol. The maximum absolute atomic E-state index is 12.0. The zero-order valence-corrected chi connectivity index (χ0v) is 12.3. The summed E-state index contributed by atoms with van der Waals surface area (Å²) in [6, 6.07) is 5.62. The van der Waals surface area contributed by atoms with Gasteiger partial charge in [-0.25, -0.2) is 8.42 Å². The van der Waals surface area contributed by atoms with E-state index in [1.807, 2.05) is 32.0 Å². The Morgan fingerprint density at radius 3 is 2.67 bits per heavy atom. The van der Waals surface area contributed by atoms with E-state index in [1.165, 1.54) is 4.31 Å². The largest absolute Gasteiger partial charge is 0.257 e. The van der Waals surface area contributed by atoms with Crippen LogP contribution in [0.4, 0.5) is 0 Å². The van der Waals surface area contributed by atoms with Gasteiger partial charge in [0.05, 0.1) is 18.0 Å². The van der Waals surface area contributed by atoms with Gasteiger partial charge in [0, 0.05) is 18.1 Å². The minimum Gasteiger partial charge on any atom is -0.257 e. The lowest BCUT2D eigenvalue weighted by Crippen LogP contribution is -2.32. The van der Waals surface area contributed by atoms with E-state index in [2.05, 4.69) is 4.98 Å². The normalized spacial score (nSPS) is 12.0. The van der Waals surface area contributed by atoms with Gasteiger partial charge in [-0.05, 0) is 25.5 Å². The summed E-state index contributed by atoms with van der Waals surface area (Å²) in [6.45, 7) is 4.48. The number of halogens is 1. The molecule has 102 valence electrons. The monoisotopic (exact) mass is 290 g/mol. The number of sulfonamides is 1. The van der Waals surface area contributed by atoms with Gasteiger partial charge < -0.3 is 0 Å². The molecule has 0 bridgehead atoms. The molecule has 0 unspecified atom stereocenters. The molecule has 0 saturated carbocycles. The number of alkyl halides is 1. The second-order valence-corrected chi connectivity index (χ2v) is 6.52. The van der Waals surface area contributed by atoms with Crippen molar-refractivity contribution < 1.29 is 8.42 Å². The van der Waals surface area contributed by atoms with Crippen molar-refractivity contribution in [2.45, 2.75) is 26.8 Å². The first-order chi connectivity index (χ1) is 8.49. The molecule has 18 heavy (non-hydrogen) atoms. The summed E-state index contributed by atoms with van der Waals surface area (Å²) in [4.78, 5) is 4.32. The smallest absolute Gasteiger partial charge is 0.214 e. The van der Waals surface area contributed by atoms with Crippen LogP contribution in [-0.4, -0.2) is 35.9 Å². The third-order valence-corrected chi connectivity index (χ3v) is 4.81. The predicted octanol–water partition coefficient (Wildman–Crippen LogP) is 2.17. The lowest BCUT2D eigenvalue weighted by atomic mass is 10.3. The molecule has 0 saturated heterocycles. The molecule has 4 nitrogen and oxygen atoms in total. The molecule has 0 atom stereocenters. The summed E-state index contributed by atoms with van der Waals surface area (Å²) in [7, 11) is -3.24. The van der Waals surface area contributed by atoms with Crippen LogP contribution in [0.15, 0.2) is 18.2 Å². The topological polar surface area (TPSA) is 50.3 Å². The molecular formula is C12H19ClN2O2S. The van der Waals surface area contributed by atoms with Gasteiger partial charge in [-0.2, -0.15) is 4.31 Å². The SMILES string of the molecule is CCN(Cc1cccc(C)n1)S(=O)(=O)CCCCl. The zero-order chi connectivity index (χ0) is 13.6. The van der Waals surface area contributed by atoms with E-state index in [1.54, 1.807) is 0 Å². The van der Waals surface area contributed by atoms with Crippen LogP contribution in [0.2, 0.25) is 0 Å². The molecule has 1 rings (SSSR count). The van der Waals surface area contributed by atoms with Crippen molar-refractivity contribution in [3.05, 3.63) is 29.6 Å². The Morgan fingerprint density at radius 2 is 2.11 bits per heavy atom. The molecule has 0 fully saturated rings. The van der Waals surface area contributed by atoms with Crippen molar-refractivity contribution in [3.63, 3.8) is 0 Å². The molecule has 1 aromatic rings. The second kappa shape index (κ2) is 7.07. The van der Waals surface area contributed by atoms with Crippen LogP contribution >= 0.6 is 11.6 Å². The number of rotatable bonds is 7. The first-order valence-corrected chi connectivity index (χ1v) is 8.10. The molecule has 0 aliphatic heterocycles. The number of aryl methyl sites for hydroxylation is 1. The van der Waals surface area contributed by atoms with Gasteiger partial charge in [0.2, 0.25) is 10.0 Å².